The van der Waals surface area contributed by atoms with Crippen LogP contribution in [0.5, 0.6) is 0 Å². The fourth-order valence-electron chi connectivity index (χ4n) is 9.40. The molecule has 0 aliphatic carbocycles. The second-order valence-electron chi connectivity index (χ2n) is 15.1. The maximum atomic E-state index is 5.39. The van der Waals surface area contributed by atoms with Gasteiger partial charge in [0.1, 0.15) is 0 Å². The Morgan fingerprint density at radius 1 is 0.362 bits per heavy atom. The van der Waals surface area contributed by atoms with Crippen molar-refractivity contribution in [2.24, 2.45) is 0 Å². The predicted octanol–water partition coefficient (Wildman–Crippen LogP) is 14.4. The Labute approximate surface area is 336 Å². The summed E-state index contributed by atoms with van der Waals surface area (Å²) in [4.78, 5) is 15.9. The van der Waals surface area contributed by atoms with Gasteiger partial charge in [0, 0.05) is 53.3 Å². The van der Waals surface area contributed by atoms with Gasteiger partial charge in [0.15, 0.2) is 17.5 Å². The van der Waals surface area contributed by atoms with Gasteiger partial charge in [-0.15, -0.1) is 11.3 Å². The summed E-state index contributed by atoms with van der Waals surface area (Å²) in [7, 11) is 0. The van der Waals surface area contributed by atoms with E-state index >= 15 is 0 Å². The van der Waals surface area contributed by atoms with Crippen LogP contribution in [0.3, 0.4) is 0 Å². The van der Waals surface area contributed by atoms with Crippen molar-refractivity contribution in [1.29, 1.82) is 0 Å². The molecular weight excluding hydrogens is 725 g/mol. The van der Waals surface area contributed by atoms with Crippen molar-refractivity contribution in [1.82, 2.24) is 19.5 Å². The number of hydrogen-bond donors (Lipinski definition) is 0. The zero-order chi connectivity index (χ0) is 37.9. The lowest BCUT2D eigenvalue weighted by atomic mass is 9.92. The molecule has 0 amide bonds. The predicted molar refractivity (Wildman–Crippen MR) is 245 cm³/mol. The molecule has 0 atom stereocenters. The molecule has 0 aliphatic rings. The molecule has 0 saturated carbocycles. The highest BCUT2D eigenvalue weighted by Gasteiger charge is 2.23. The Hall–Kier alpha value is -7.47. The largest absolute Gasteiger partial charge is 0.309 e. The van der Waals surface area contributed by atoms with E-state index < -0.39 is 0 Å². The molecule has 268 valence electrons. The Kier molecular flexibility index (Phi) is 6.57. The molecule has 58 heavy (non-hydrogen) atoms. The van der Waals surface area contributed by atoms with Crippen LogP contribution in [0, 0.1) is 0 Å². The quantitative estimate of drug-likeness (QED) is 0.168. The van der Waals surface area contributed by atoms with Crippen LogP contribution in [0.2, 0.25) is 0 Å². The number of benzene rings is 10. The highest BCUT2D eigenvalue weighted by molar-refractivity contribution is 7.26. The Morgan fingerprint density at radius 2 is 1.02 bits per heavy atom. The van der Waals surface area contributed by atoms with Gasteiger partial charge in [0.05, 0.1) is 11.0 Å². The normalized spacial score (nSPS) is 12.1. The summed E-state index contributed by atoms with van der Waals surface area (Å²) in [6.07, 6.45) is 0. The van der Waals surface area contributed by atoms with Gasteiger partial charge in [0.2, 0.25) is 0 Å². The fraction of sp³-hybridized carbons (Fsp3) is 0. The number of rotatable bonds is 4. The summed E-state index contributed by atoms with van der Waals surface area (Å²) in [5.41, 5.74) is 6.32. The molecule has 0 spiro atoms. The topological polar surface area (TPSA) is 43.6 Å². The van der Waals surface area contributed by atoms with E-state index in [9.17, 15) is 0 Å². The summed E-state index contributed by atoms with van der Waals surface area (Å²) in [5.74, 6) is 1.95. The van der Waals surface area contributed by atoms with Gasteiger partial charge in [-0.25, -0.2) is 15.0 Å². The van der Waals surface area contributed by atoms with E-state index in [4.69, 9.17) is 15.0 Å². The first-order chi connectivity index (χ1) is 28.7. The van der Waals surface area contributed by atoms with Gasteiger partial charge in [0.25, 0.3) is 0 Å². The average Bonchev–Trinajstić information content (AvgIpc) is 3.83. The first-order valence-corrected chi connectivity index (χ1v) is 20.4. The van der Waals surface area contributed by atoms with E-state index in [1.807, 2.05) is 18.2 Å². The SMILES string of the molecule is c1ccc(-c2nc(-c3cccc4ccccc34)nc(-c3cc(-n4c5ccccc5c5c6ccc7cccc8ccc(cc54)c6c87)cc4c3sc3ccccc34)n2)cc1. The lowest BCUT2D eigenvalue weighted by Gasteiger charge is -2.15. The number of nitrogens with zero attached hydrogens (tertiary/aromatic N) is 4. The van der Waals surface area contributed by atoms with E-state index in [1.165, 1.54) is 64.1 Å². The molecule has 0 fully saturated rings. The number of thiophene rings is 1. The minimum Gasteiger partial charge on any atom is -0.309 e. The molecule has 3 heterocycles. The van der Waals surface area contributed by atoms with Crippen LogP contribution < -0.4 is 0 Å². The smallest absolute Gasteiger partial charge is 0.165 e. The molecule has 0 N–H and O–H groups in total. The minimum absolute atomic E-state index is 0.647. The molecule has 0 saturated heterocycles. The summed E-state index contributed by atoms with van der Waals surface area (Å²) in [6.45, 7) is 0. The molecule has 10 aromatic carbocycles. The van der Waals surface area contributed by atoms with Crippen molar-refractivity contribution in [3.8, 4) is 39.9 Å². The van der Waals surface area contributed by atoms with Gasteiger partial charge in [-0.3, -0.25) is 0 Å². The zero-order valence-electron chi connectivity index (χ0n) is 31.0. The van der Waals surface area contributed by atoms with Crippen LogP contribution in [0.4, 0.5) is 0 Å². The van der Waals surface area contributed by atoms with Crippen LogP contribution >= 0.6 is 11.3 Å². The van der Waals surface area contributed by atoms with Crippen molar-refractivity contribution in [3.63, 3.8) is 0 Å². The van der Waals surface area contributed by atoms with E-state index in [1.54, 1.807) is 11.3 Å². The van der Waals surface area contributed by atoms with Crippen LogP contribution in [0.1, 0.15) is 0 Å². The number of aromatic nitrogens is 4. The molecule has 0 unspecified atom stereocenters. The van der Waals surface area contributed by atoms with Gasteiger partial charge in [-0.05, 0) is 73.4 Å². The minimum atomic E-state index is 0.647. The lowest BCUT2D eigenvalue weighted by molar-refractivity contribution is 1.08. The summed E-state index contributed by atoms with van der Waals surface area (Å²) in [5, 5.41) is 14.9. The molecule has 0 bridgehead atoms. The molecule has 5 heteroatoms. The fourth-order valence-corrected chi connectivity index (χ4v) is 10.6. The molecule has 13 rings (SSSR count). The van der Waals surface area contributed by atoms with Crippen LogP contribution in [-0.2, 0) is 0 Å². The first-order valence-electron chi connectivity index (χ1n) is 19.6. The molecule has 13 aromatic rings. The Morgan fingerprint density at radius 3 is 1.90 bits per heavy atom. The molecule has 0 radical (unpaired) electrons. The van der Waals surface area contributed by atoms with Crippen LogP contribution in [0.25, 0.3) is 125 Å². The third kappa shape index (κ3) is 4.53. The third-order valence-electron chi connectivity index (χ3n) is 11.9. The van der Waals surface area contributed by atoms with E-state index in [0.29, 0.717) is 17.5 Å². The first kappa shape index (κ1) is 31.7. The summed E-state index contributed by atoms with van der Waals surface area (Å²) >= 11 is 1.80. The Bertz CT molecular complexity index is 3780. The number of para-hydroxylation sites is 1. The summed E-state index contributed by atoms with van der Waals surface area (Å²) < 4.78 is 4.84. The van der Waals surface area contributed by atoms with E-state index in [2.05, 4.69) is 168 Å². The van der Waals surface area contributed by atoms with E-state index in [-0.39, 0.29) is 0 Å². The molecule has 4 nitrogen and oxygen atoms in total. The summed E-state index contributed by atoms with van der Waals surface area (Å²) in [6, 6.07) is 65.5. The second kappa shape index (κ2) is 12.0. The van der Waals surface area contributed by atoms with Crippen molar-refractivity contribution in [2.75, 3.05) is 0 Å². The van der Waals surface area contributed by atoms with Crippen LogP contribution in [-0.4, -0.2) is 19.5 Å². The van der Waals surface area contributed by atoms with Crippen molar-refractivity contribution in [2.45, 2.75) is 0 Å². The second-order valence-corrected chi connectivity index (χ2v) is 16.2. The highest BCUT2D eigenvalue weighted by Crippen LogP contribution is 2.46. The van der Waals surface area contributed by atoms with Crippen molar-refractivity contribution in [3.05, 3.63) is 182 Å². The molecule has 0 aliphatic heterocycles. The maximum absolute atomic E-state index is 5.39. The lowest BCUT2D eigenvalue weighted by Crippen LogP contribution is -2.02. The van der Waals surface area contributed by atoms with Gasteiger partial charge < -0.3 is 4.57 Å². The monoisotopic (exact) mass is 754 g/mol. The molecular formula is C53H30N4S. The molecule has 3 aromatic heterocycles. The highest BCUT2D eigenvalue weighted by atomic mass is 32.1. The average molecular weight is 755 g/mol. The Balaban J connectivity index is 1.15. The van der Waals surface area contributed by atoms with Gasteiger partial charge >= 0.3 is 0 Å². The number of hydrogen-bond acceptors (Lipinski definition) is 4. The standard InChI is InChI=1S/C53H30N4S/c1-2-13-34(14-3-1)51-54-52(39-21-11-15-31-12-4-5-18-37(31)39)56-53(55-51)43-30-36(29-42-38-19-7-9-23-46(38)58-50(42)43)57-44-22-8-6-20-40(44)49-41-27-26-33-17-10-16-32-24-25-35(28-45(49)57)48(41)47(32)33/h1-30H. The number of fused-ring (bicyclic) bond motifs is 8. The van der Waals surface area contributed by atoms with Crippen LogP contribution in [0.15, 0.2) is 182 Å². The van der Waals surface area contributed by atoms with E-state index in [0.717, 1.165) is 43.4 Å². The van der Waals surface area contributed by atoms with Gasteiger partial charge in [-0.1, -0.05) is 152 Å². The third-order valence-corrected chi connectivity index (χ3v) is 13.2. The van der Waals surface area contributed by atoms with Gasteiger partial charge in [-0.2, -0.15) is 0 Å². The van der Waals surface area contributed by atoms with Crippen molar-refractivity contribution < 1.29 is 0 Å². The zero-order valence-corrected chi connectivity index (χ0v) is 31.8. The van der Waals surface area contributed by atoms with Crippen molar-refractivity contribution >= 4 is 96.4 Å². The maximum Gasteiger partial charge on any atom is 0.165 e.